The SMILES string of the molecule is Cn1cc(-c2ccc(C(=O)NC(C)(CO)Cc3ccccc3F)cc2)cn1. The second kappa shape index (κ2) is 7.72. The quantitative estimate of drug-likeness (QED) is 0.704. The Morgan fingerprint density at radius 2 is 1.89 bits per heavy atom. The zero-order valence-electron chi connectivity index (χ0n) is 15.3. The van der Waals surface area contributed by atoms with E-state index in [4.69, 9.17) is 0 Å². The average Bonchev–Trinajstić information content (AvgIpc) is 3.10. The Balaban J connectivity index is 1.73. The first kappa shape index (κ1) is 18.8. The van der Waals surface area contributed by atoms with E-state index >= 15 is 0 Å². The number of nitrogens with zero attached hydrogens (tertiary/aromatic N) is 2. The molecule has 3 aromatic rings. The van der Waals surface area contributed by atoms with E-state index in [2.05, 4.69) is 10.4 Å². The minimum atomic E-state index is -0.971. The molecule has 0 bridgehead atoms. The molecule has 1 unspecified atom stereocenters. The third kappa shape index (κ3) is 4.41. The zero-order chi connectivity index (χ0) is 19.4. The van der Waals surface area contributed by atoms with E-state index < -0.39 is 5.54 Å². The Morgan fingerprint density at radius 3 is 2.48 bits per heavy atom. The molecular weight excluding hydrogens is 345 g/mol. The number of aliphatic hydroxyl groups is 1. The van der Waals surface area contributed by atoms with Crippen molar-refractivity contribution in [3.05, 3.63) is 77.9 Å². The number of aliphatic hydroxyl groups excluding tert-OH is 1. The van der Waals surface area contributed by atoms with Crippen molar-refractivity contribution >= 4 is 5.91 Å². The van der Waals surface area contributed by atoms with E-state index in [-0.39, 0.29) is 24.8 Å². The lowest BCUT2D eigenvalue weighted by Crippen LogP contribution is -2.50. The standard InChI is InChI=1S/C21H22FN3O2/c1-21(14-26,11-17-5-3-4-6-19(17)22)24-20(27)16-9-7-15(8-10-16)18-12-23-25(2)13-18/h3-10,12-13,26H,11,14H2,1-2H3,(H,24,27). The number of amides is 1. The van der Waals surface area contributed by atoms with Crippen molar-refractivity contribution in [1.29, 1.82) is 0 Å². The molecule has 0 aliphatic rings. The summed E-state index contributed by atoms with van der Waals surface area (Å²) in [6.45, 7) is 1.39. The van der Waals surface area contributed by atoms with E-state index in [0.29, 0.717) is 11.1 Å². The van der Waals surface area contributed by atoms with Crippen LogP contribution >= 0.6 is 0 Å². The normalized spacial score (nSPS) is 13.2. The number of benzene rings is 2. The van der Waals surface area contributed by atoms with Gasteiger partial charge in [0.2, 0.25) is 0 Å². The van der Waals surface area contributed by atoms with E-state index in [0.717, 1.165) is 11.1 Å². The summed E-state index contributed by atoms with van der Waals surface area (Å²) in [5.74, 6) is -0.673. The van der Waals surface area contributed by atoms with Gasteiger partial charge in [0, 0.05) is 30.8 Å². The van der Waals surface area contributed by atoms with Crippen molar-refractivity contribution in [3.63, 3.8) is 0 Å². The number of halogens is 1. The van der Waals surface area contributed by atoms with Crippen LogP contribution in [0.3, 0.4) is 0 Å². The maximum Gasteiger partial charge on any atom is 0.251 e. The Labute approximate surface area is 157 Å². The van der Waals surface area contributed by atoms with Gasteiger partial charge in [0.05, 0.1) is 18.3 Å². The minimum Gasteiger partial charge on any atom is -0.394 e. The lowest BCUT2D eigenvalue weighted by Gasteiger charge is -2.29. The zero-order valence-corrected chi connectivity index (χ0v) is 15.3. The maximum absolute atomic E-state index is 13.9. The van der Waals surface area contributed by atoms with Crippen molar-refractivity contribution in [2.45, 2.75) is 18.9 Å². The molecule has 1 atom stereocenters. The molecule has 0 aliphatic heterocycles. The Morgan fingerprint density at radius 1 is 1.19 bits per heavy atom. The first-order valence-corrected chi connectivity index (χ1v) is 8.66. The molecule has 27 heavy (non-hydrogen) atoms. The predicted octanol–water partition coefficient (Wildman–Crippen LogP) is 2.95. The highest BCUT2D eigenvalue weighted by Gasteiger charge is 2.27. The highest BCUT2D eigenvalue weighted by atomic mass is 19.1. The predicted molar refractivity (Wildman–Crippen MR) is 102 cm³/mol. The number of hydrogen-bond donors (Lipinski definition) is 2. The number of aryl methyl sites for hydroxylation is 1. The van der Waals surface area contributed by atoms with Gasteiger partial charge in [-0.3, -0.25) is 9.48 Å². The topological polar surface area (TPSA) is 67.2 Å². The van der Waals surface area contributed by atoms with E-state index in [9.17, 15) is 14.3 Å². The van der Waals surface area contributed by atoms with Crippen molar-refractivity contribution in [2.24, 2.45) is 7.05 Å². The van der Waals surface area contributed by atoms with Crippen LogP contribution < -0.4 is 5.32 Å². The third-order valence-electron chi connectivity index (χ3n) is 4.49. The molecule has 5 nitrogen and oxygen atoms in total. The van der Waals surface area contributed by atoms with Gasteiger partial charge in [0.1, 0.15) is 5.82 Å². The van der Waals surface area contributed by atoms with Gasteiger partial charge in [0.15, 0.2) is 0 Å². The van der Waals surface area contributed by atoms with Crippen LogP contribution in [0.25, 0.3) is 11.1 Å². The van der Waals surface area contributed by atoms with Gasteiger partial charge in [-0.25, -0.2) is 4.39 Å². The lowest BCUT2D eigenvalue weighted by atomic mass is 9.92. The molecule has 1 amide bonds. The maximum atomic E-state index is 13.9. The number of rotatable bonds is 6. The molecule has 0 radical (unpaired) electrons. The molecule has 0 saturated carbocycles. The van der Waals surface area contributed by atoms with Crippen LogP contribution in [-0.2, 0) is 13.5 Å². The minimum absolute atomic E-state index is 0.190. The van der Waals surface area contributed by atoms with Gasteiger partial charge in [-0.1, -0.05) is 30.3 Å². The van der Waals surface area contributed by atoms with Gasteiger partial charge < -0.3 is 10.4 Å². The molecule has 3 rings (SSSR count). The number of nitrogens with one attached hydrogen (secondary N) is 1. The van der Waals surface area contributed by atoms with Gasteiger partial charge in [-0.2, -0.15) is 5.10 Å². The largest absolute Gasteiger partial charge is 0.394 e. The second-order valence-corrected chi connectivity index (χ2v) is 6.92. The van der Waals surface area contributed by atoms with Gasteiger partial charge in [-0.15, -0.1) is 0 Å². The molecule has 2 aromatic carbocycles. The summed E-state index contributed by atoms with van der Waals surface area (Å²) in [6.07, 6.45) is 3.84. The lowest BCUT2D eigenvalue weighted by molar-refractivity contribution is 0.0851. The molecule has 0 saturated heterocycles. The molecule has 2 N–H and O–H groups in total. The summed E-state index contributed by atoms with van der Waals surface area (Å²) in [5.41, 5.74) is 1.86. The summed E-state index contributed by atoms with van der Waals surface area (Å²) >= 11 is 0. The van der Waals surface area contributed by atoms with Gasteiger partial charge in [0.25, 0.3) is 5.91 Å². The fourth-order valence-corrected chi connectivity index (χ4v) is 2.93. The summed E-state index contributed by atoms with van der Waals surface area (Å²) in [6, 6.07) is 13.5. The molecule has 0 fully saturated rings. The summed E-state index contributed by atoms with van der Waals surface area (Å²) in [5, 5.41) is 16.7. The number of aromatic nitrogens is 2. The van der Waals surface area contributed by atoms with Crippen molar-refractivity contribution < 1.29 is 14.3 Å². The van der Waals surface area contributed by atoms with Crippen molar-refractivity contribution in [2.75, 3.05) is 6.61 Å². The molecule has 0 spiro atoms. The number of hydrogen-bond acceptors (Lipinski definition) is 3. The first-order valence-electron chi connectivity index (χ1n) is 8.66. The summed E-state index contributed by atoms with van der Waals surface area (Å²) in [7, 11) is 1.84. The van der Waals surface area contributed by atoms with Crippen molar-refractivity contribution in [1.82, 2.24) is 15.1 Å². The van der Waals surface area contributed by atoms with Gasteiger partial charge in [-0.05, 0) is 36.2 Å². The molecule has 1 aromatic heterocycles. The molecule has 140 valence electrons. The average molecular weight is 367 g/mol. The highest BCUT2D eigenvalue weighted by Crippen LogP contribution is 2.20. The Hall–Kier alpha value is -2.99. The first-order chi connectivity index (χ1) is 12.9. The fraction of sp³-hybridized carbons (Fsp3) is 0.238. The van der Waals surface area contributed by atoms with E-state index in [1.54, 1.807) is 48.1 Å². The van der Waals surface area contributed by atoms with Crippen LogP contribution in [-0.4, -0.2) is 32.9 Å². The van der Waals surface area contributed by atoms with E-state index in [1.807, 2.05) is 25.4 Å². The fourth-order valence-electron chi connectivity index (χ4n) is 2.93. The number of carbonyl (C=O) groups excluding carboxylic acids is 1. The second-order valence-electron chi connectivity index (χ2n) is 6.92. The van der Waals surface area contributed by atoms with Crippen LogP contribution in [0.4, 0.5) is 4.39 Å². The smallest absolute Gasteiger partial charge is 0.251 e. The highest BCUT2D eigenvalue weighted by molar-refractivity contribution is 5.95. The Bertz CT molecular complexity index is 937. The van der Waals surface area contributed by atoms with Crippen molar-refractivity contribution in [3.8, 4) is 11.1 Å². The summed E-state index contributed by atoms with van der Waals surface area (Å²) in [4.78, 5) is 12.6. The monoisotopic (exact) mass is 367 g/mol. The Kier molecular flexibility index (Phi) is 5.37. The third-order valence-corrected chi connectivity index (χ3v) is 4.49. The van der Waals surface area contributed by atoms with Crippen LogP contribution in [0, 0.1) is 5.82 Å². The van der Waals surface area contributed by atoms with Crippen LogP contribution in [0.15, 0.2) is 60.9 Å². The number of carbonyl (C=O) groups is 1. The van der Waals surface area contributed by atoms with Crippen LogP contribution in [0.2, 0.25) is 0 Å². The molecule has 0 aliphatic carbocycles. The molecule has 1 heterocycles. The summed E-state index contributed by atoms with van der Waals surface area (Å²) < 4.78 is 15.6. The van der Waals surface area contributed by atoms with Crippen LogP contribution in [0.5, 0.6) is 0 Å². The van der Waals surface area contributed by atoms with Gasteiger partial charge >= 0.3 is 0 Å². The van der Waals surface area contributed by atoms with E-state index in [1.165, 1.54) is 6.07 Å². The molecule has 6 heteroatoms. The molecular formula is C21H22FN3O2. The van der Waals surface area contributed by atoms with Crippen LogP contribution in [0.1, 0.15) is 22.8 Å².